The maximum Gasteiger partial charge on any atom is 0.251 e. The molecule has 1 aliphatic rings. The van der Waals surface area contributed by atoms with Crippen molar-refractivity contribution in [3.05, 3.63) is 94.6 Å². The monoisotopic (exact) mass is 474 g/mol. The van der Waals surface area contributed by atoms with Gasteiger partial charge >= 0.3 is 0 Å². The van der Waals surface area contributed by atoms with Crippen LogP contribution in [0.15, 0.2) is 60.8 Å². The average molecular weight is 475 g/mol. The van der Waals surface area contributed by atoms with E-state index in [0.717, 1.165) is 30.6 Å². The van der Waals surface area contributed by atoms with Crippen LogP contribution in [0.3, 0.4) is 0 Å². The van der Waals surface area contributed by atoms with E-state index in [-0.39, 0.29) is 29.8 Å². The highest BCUT2D eigenvalue weighted by molar-refractivity contribution is 6.13. The van der Waals surface area contributed by atoms with Gasteiger partial charge in [-0.2, -0.15) is 0 Å². The van der Waals surface area contributed by atoms with Crippen LogP contribution in [0.25, 0.3) is 0 Å². The van der Waals surface area contributed by atoms with Crippen molar-refractivity contribution in [1.82, 2.24) is 15.2 Å². The number of halogens is 1. The first-order valence-corrected chi connectivity index (χ1v) is 11.6. The molecular weight excluding hydrogens is 445 g/mol. The van der Waals surface area contributed by atoms with Crippen molar-refractivity contribution in [2.75, 3.05) is 25.4 Å². The molecule has 1 aromatic heterocycles. The first kappa shape index (κ1) is 24.2. The minimum absolute atomic E-state index is 0.0892. The van der Waals surface area contributed by atoms with Gasteiger partial charge in [0, 0.05) is 41.3 Å². The molecule has 1 saturated heterocycles. The third kappa shape index (κ3) is 5.78. The van der Waals surface area contributed by atoms with Gasteiger partial charge in [-0.05, 0) is 68.8 Å². The number of rotatable bonds is 7. The number of anilines is 1. The van der Waals surface area contributed by atoms with Crippen LogP contribution in [0.5, 0.6) is 0 Å². The van der Waals surface area contributed by atoms with Crippen molar-refractivity contribution < 1.29 is 19.4 Å². The SMILES string of the molecule is Cc1cc(C(=[NH2+])c2cc(C(=O)NC3CCCN(CC(=O)c4ccccc4F)C3)ccc2N)ccn1. The van der Waals surface area contributed by atoms with Gasteiger partial charge in [-0.1, -0.05) is 12.1 Å². The quantitative estimate of drug-likeness (QED) is 0.274. The third-order valence-corrected chi connectivity index (χ3v) is 6.20. The summed E-state index contributed by atoms with van der Waals surface area (Å²) in [6, 6.07) is 14.6. The van der Waals surface area contributed by atoms with E-state index in [9.17, 15) is 14.0 Å². The van der Waals surface area contributed by atoms with Crippen LogP contribution in [-0.4, -0.2) is 53.0 Å². The van der Waals surface area contributed by atoms with E-state index in [2.05, 4.69) is 10.3 Å². The minimum atomic E-state index is -0.517. The highest BCUT2D eigenvalue weighted by Crippen LogP contribution is 2.19. The van der Waals surface area contributed by atoms with Gasteiger partial charge in [0.1, 0.15) is 5.82 Å². The molecule has 5 N–H and O–H groups in total. The number of amides is 1. The number of pyridine rings is 1. The molecule has 4 rings (SSSR count). The van der Waals surface area contributed by atoms with Gasteiger partial charge in [0.25, 0.3) is 5.91 Å². The van der Waals surface area contributed by atoms with Gasteiger partial charge in [-0.3, -0.25) is 24.9 Å². The largest absolute Gasteiger partial charge is 0.398 e. The highest BCUT2D eigenvalue weighted by Gasteiger charge is 2.25. The highest BCUT2D eigenvalue weighted by atomic mass is 19.1. The van der Waals surface area contributed by atoms with Crippen molar-refractivity contribution in [2.24, 2.45) is 0 Å². The molecule has 3 aromatic rings. The smallest absolute Gasteiger partial charge is 0.251 e. The molecule has 180 valence electrons. The Labute approximate surface area is 203 Å². The van der Waals surface area contributed by atoms with E-state index in [0.29, 0.717) is 29.1 Å². The molecule has 1 fully saturated rings. The molecule has 1 atom stereocenters. The number of carbonyl (C=O) groups is 2. The summed E-state index contributed by atoms with van der Waals surface area (Å²) in [7, 11) is 0. The fourth-order valence-corrected chi connectivity index (χ4v) is 4.36. The molecule has 0 spiro atoms. The fraction of sp³-hybridized carbons (Fsp3) is 0.259. The summed E-state index contributed by atoms with van der Waals surface area (Å²) < 4.78 is 14.0. The van der Waals surface area contributed by atoms with E-state index in [1.165, 1.54) is 12.1 Å². The fourth-order valence-electron chi connectivity index (χ4n) is 4.36. The number of nitrogens with one attached hydrogen (secondary N) is 1. The number of benzene rings is 2. The topological polar surface area (TPSA) is 114 Å². The second kappa shape index (κ2) is 10.6. The first-order chi connectivity index (χ1) is 16.8. The summed E-state index contributed by atoms with van der Waals surface area (Å²) >= 11 is 0. The van der Waals surface area contributed by atoms with E-state index < -0.39 is 5.82 Å². The van der Waals surface area contributed by atoms with Crippen molar-refractivity contribution in [3.8, 4) is 0 Å². The lowest BCUT2D eigenvalue weighted by Gasteiger charge is -2.32. The number of piperidine rings is 1. The lowest BCUT2D eigenvalue weighted by Crippen LogP contribution is -2.49. The lowest BCUT2D eigenvalue weighted by atomic mass is 9.98. The molecule has 0 saturated carbocycles. The maximum atomic E-state index is 14.0. The molecule has 0 aliphatic carbocycles. The summed E-state index contributed by atoms with van der Waals surface area (Å²) in [5.74, 6) is -1.02. The number of Topliss-reactive ketones (excluding diaryl/α,β-unsaturated/α-hetero) is 1. The number of nitrogens with two attached hydrogens (primary N) is 2. The van der Waals surface area contributed by atoms with Crippen LogP contribution in [-0.2, 0) is 0 Å². The third-order valence-electron chi connectivity index (χ3n) is 6.20. The first-order valence-electron chi connectivity index (χ1n) is 11.6. The molecule has 7 nitrogen and oxygen atoms in total. The predicted octanol–water partition coefficient (Wildman–Crippen LogP) is 1.78. The van der Waals surface area contributed by atoms with E-state index in [1.807, 2.05) is 17.9 Å². The Morgan fingerprint density at radius 1 is 1.14 bits per heavy atom. The van der Waals surface area contributed by atoms with E-state index >= 15 is 0 Å². The summed E-state index contributed by atoms with van der Waals surface area (Å²) in [5, 5.41) is 9.43. The van der Waals surface area contributed by atoms with Gasteiger partial charge in [-0.15, -0.1) is 0 Å². The number of hydrogen-bond donors (Lipinski definition) is 3. The van der Waals surface area contributed by atoms with Gasteiger partial charge < -0.3 is 11.1 Å². The number of nitrogens with zero attached hydrogens (tertiary/aromatic N) is 2. The molecule has 2 heterocycles. The Hall–Kier alpha value is -3.91. The Morgan fingerprint density at radius 3 is 2.71 bits per heavy atom. The summed E-state index contributed by atoms with van der Waals surface area (Å²) in [5.41, 5.74) is 9.84. The summed E-state index contributed by atoms with van der Waals surface area (Å²) in [6.45, 7) is 3.21. The molecule has 1 unspecified atom stereocenters. The molecule has 0 radical (unpaired) electrons. The number of nitrogen functional groups attached to an aromatic ring is 1. The van der Waals surface area contributed by atoms with Crippen LogP contribution < -0.4 is 16.5 Å². The molecule has 1 amide bonds. The summed E-state index contributed by atoms with van der Waals surface area (Å²) in [6.07, 6.45) is 3.29. The number of carbonyl (C=O) groups excluding carboxylic acids is 2. The number of hydrogen-bond acceptors (Lipinski definition) is 5. The summed E-state index contributed by atoms with van der Waals surface area (Å²) in [4.78, 5) is 31.7. The van der Waals surface area contributed by atoms with Crippen LogP contribution in [0, 0.1) is 12.7 Å². The normalized spacial score (nSPS) is 16.0. The Kier molecular flexibility index (Phi) is 7.31. The zero-order valence-corrected chi connectivity index (χ0v) is 19.6. The van der Waals surface area contributed by atoms with Crippen molar-refractivity contribution >= 4 is 23.1 Å². The molecule has 0 bridgehead atoms. The zero-order chi connectivity index (χ0) is 24.9. The van der Waals surface area contributed by atoms with Gasteiger partial charge in [0.2, 0.25) is 5.71 Å². The molecule has 1 aliphatic heterocycles. The number of aryl methyl sites for hydroxylation is 1. The van der Waals surface area contributed by atoms with Crippen molar-refractivity contribution in [3.63, 3.8) is 0 Å². The standard InChI is InChI=1S/C27H28FN5O2/c1-17-13-18(10-11-31-17)26(30)22-14-19(8-9-24(22)29)27(35)32-20-5-4-12-33(15-20)16-25(34)21-6-2-3-7-23(21)28/h2-3,6-11,13-14,20,30H,4-5,12,15-16,29H2,1H3,(H,32,35)/p+1. The van der Waals surface area contributed by atoms with E-state index in [1.54, 1.807) is 42.6 Å². The minimum Gasteiger partial charge on any atom is -0.398 e. The van der Waals surface area contributed by atoms with Crippen LogP contribution in [0.2, 0.25) is 0 Å². The van der Waals surface area contributed by atoms with Crippen molar-refractivity contribution in [2.45, 2.75) is 25.8 Å². The van der Waals surface area contributed by atoms with Crippen molar-refractivity contribution in [1.29, 1.82) is 0 Å². The molecule has 8 heteroatoms. The predicted molar refractivity (Wildman–Crippen MR) is 133 cm³/mol. The van der Waals surface area contributed by atoms with Crippen LogP contribution in [0.1, 0.15) is 50.4 Å². The number of ketones is 1. The Bertz CT molecular complexity index is 1280. The number of likely N-dealkylation sites (tertiary alicyclic amines) is 1. The van der Waals surface area contributed by atoms with Crippen LogP contribution >= 0.6 is 0 Å². The molecular formula is C27H29FN5O2+. The molecule has 35 heavy (non-hydrogen) atoms. The molecule has 2 aromatic carbocycles. The van der Waals surface area contributed by atoms with Gasteiger partial charge in [0.15, 0.2) is 5.78 Å². The van der Waals surface area contributed by atoms with Gasteiger partial charge in [0.05, 0.1) is 17.7 Å². The number of aromatic nitrogens is 1. The zero-order valence-electron chi connectivity index (χ0n) is 19.6. The Balaban J connectivity index is 1.42. The van der Waals surface area contributed by atoms with Gasteiger partial charge in [-0.25, -0.2) is 4.39 Å². The average Bonchev–Trinajstić information content (AvgIpc) is 2.84. The van der Waals surface area contributed by atoms with Crippen LogP contribution in [0.4, 0.5) is 10.1 Å². The van der Waals surface area contributed by atoms with E-state index in [4.69, 9.17) is 11.1 Å². The second-order valence-corrected chi connectivity index (χ2v) is 8.85. The maximum absolute atomic E-state index is 14.0. The second-order valence-electron chi connectivity index (χ2n) is 8.85. The Morgan fingerprint density at radius 2 is 1.94 bits per heavy atom. The lowest BCUT2D eigenvalue weighted by molar-refractivity contribution is -0.111.